The molecule has 0 saturated heterocycles. The molecule has 1 amide bonds. The zero-order valence-electron chi connectivity index (χ0n) is 10.6. The fraction of sp³-hybridized carbons (Fsp3) is 0.417. The van der Waals surface area contributed by atoms with E-state index < -0.39 is 0 Å². The minimum Gasteiger partial charge on any atom is -0.354 e. The van der Waals surface area contributed by atoms with Crippen LogP contribution in [0.3, 0.4) is 0 Å². The summed E-state index contributed by atoms with van der Waals surface area (Å²) < 4.78 is 1.92. The lowest BCUT2D eigenvalue weighted by Gasteiger charge is -2.10. The number of fused-ring (bicyclic) bond motifs is 1. The van der Waals surface area contributed by atoms with Gasteiger partial charge in [0.1, 0.15) is 5.82 Å². The molecule has 0 bridgehead atoms. The van der Waals surface area contributed by atoms with Gasteiger partial charge < -0.3 is 10.6 Å². The van der Waals surface area contributed by atoms with E-state index in [4.69, 9.17) is 0 Å². The van der Waals surface area contributed by atoms with E-state index in [1.807, 2.05) is 35.7 Å². The summed E-state index contributed by atoms with van der Waals surface area (Å²) in [5.41, 5.74) is 0.822. The van der Waals surface area contributed by atoms with Gasteiger partial charge in [-0.05, 0) is 26.1 Å². The van der Waals surface area contributed by atoms with Crippen molar-refractivity contribution in [2.45, 2.75) is 19.4 Å². The Morgan fingerprint density at radius 3 is 3.06 bits per heavy atom. The fourth-order valence-electron chi connectivity index (χ4n) is 1.64. The van der Waals surface area contributed by atoms with Gasteiger partial charge in [0.2, 0.25) is 5.91 Å². The number of nitrogens with zero attached hydrogens (tertiary/aromatic N) is 3. The second-order valence-electron chi connectivity index (χ2n) is 4.10. The van der Waals surface area contributed by atoms with Crippen molar-refractivity contribution in [3.8, 4) is 0 Å². The van der Waals surface area contributed by atoms with Crippen LogP contribution in [0.1, 0.15) is 12.7 Å². The van der Waals surface area contributed by atoms with Crippen molar-refractivity contribution in [3.05, 3.63) is 30.2 Å². The molecule has 0 spiro atoms. The summed E-state index contributed by atoms with van der Waals surface area (Å²) in [5.74, 6) is 0.842. The van der Waals surface area contributed by atoms with Gasteiger partial charge in [-0.15, -0.1) is 10.2 Å². The number of likely N-dealkylation sites (N-methyl/N-ethyl adjacent to an activating group) is 1. The molecule has 96 valence electrons. The Hall–Kier alpha value is -1.95. The molecule has 1 atom stereocenters. The monoisotopic (exact) mass is 247 g/mol. The zero-order chi connectivity index (χ0) is 13.0. The number of carbonyl (C=O) groups is 1. The molecule has 0 aliphatic carbocycles. The second-order valence-corrected chi connectivity index (χ2v) is 4.10. The van der Waals surface area contributed by atoms with E-state index in [1.165, 1.54) is 0 Å². The lowest BCUT2D eigenvalue weighted by Crippen LogP contribution is -2.41. The highest BCUT2D eigenvalue weighted by Gasteiger charge is 2.10. The standard InChI is InChI=1S/C12H17N5O/c1-9(13-2)12(18)14-7-6-11-16-15-10-5-3-4-8-17(10)11/h3-5,8-9,13H,6-7H2,1-2H3,(H,14,18). The highest BCUT2D eigenvalue weighted by atomic mass is 16.2. The first-order valence-electron chi connectivity index (χ1n) is 5.96. The van der Waals surface area contributed by atoms with Gasteiger partial charge >= 0.3 is 0 Å². The third-order valence-electron chi connectivity index (χ3n) is 2.86. The predicted octanol–water partition coefficient (Wildman–Crippen LogP) is -0.00410. The normalized spacial score (nSPS) is 12.6. The summed E-state index contributed by atoms with van der Waals surface area (Å²) in [7, 11) is 1.76. The van der Waals surface area contributed by atoms with Crippen molar-refractivity contribution in [1.82, 2.24) is 25.2 Å². The Bertz CT molecular complexity index is 536. The maximum absolute atomic E-state index is 11.5. The summed E-state index contributed by atoms with van der Waals surface area (Å²) in [5, 5.41) is 13.9. The van der Waals surface area contributed by atoms with Crippen LogP contribution < -0.4 is 10.6 Å². The number of aromatic nitrogens is 3. The summed E-state index contributed by atoms with van der Waals surface area (Å²) in [6, 6.07) is 5.57. The molecular weight excluding hydrogens is 230 g/mol. The molecule has 0 aromatic carbocycles. The maximum atomic E-state index is 11.5. The summed E-state index contributed by atoms with van der Waals surface area (Å²) in [4.78, 5) is 11.5. The second kappa shape index (κ2) is 5.59. The van der Waals surface area contributed by atoms with Crippen LogP contribution in [0.25, 0.3) is 5.65 Å². The molecule has 0 radical (unpaired) electrons. The van der Waals surface area contributed by atoms with Crippen LogP contribution >= 0.6 is 0 Å². The summed E-state index contributed by atoms with van der Waals surface area (Å²) >= 11 is 0. The number of amides is 1. The minimum absolute atomic E-state index is 0.00804. The van der Waals surface area contributed by atoms with E-state index in [0.29, 0.717) is 13.0 Å². The molecule has 6 heteroatoms. The van der Waals surface area contributed by atoms with Gasteiger partial charge in [-0.2, -0.15) is 0 Å². The third kappa shape index (κ3) is 2.65. The van der Waals surface area contributed by atoms with Gasteiger partial charge in [0.05, 0.1) is 6.04 Å². The average Bonchev–Trinajstić information content (AvgIpc) is 2.81. The number of hydrogen-bond acceptors (Lipinski definition) is 4. The number of carbonyl (C=O) groups excluding carboxylic acids is 1. The van der Waals surface area contributed by atoms with Crippen LogP contribution in [0.5, 0.6) is 0 Å². The highest BCUT2D eigenvalue weighted by molar-refractivity contribution is 5.81. The Kier molecular flexibility index (Phi) is 3.88. The molecule has 0 saturated carbocycles. The van der Waals surface area contributed by atoms with Crippen LogP contribution in [0.2, 0.25) is 0 Å². The smallest absolute Gasteiger partial charge is 0.236 e. The average molecular weight is 247 g/mol. The van der Waals surface area contributed by atoms with Gasteiger partial charge in [-0.3, -0.25) is 9.20 Å². The number of hydrogen-bond donors (Lipinski definition) is 2. The number of nitrogens with one attached hydrogen (secondary N) is 2. The van der Waals surface area contributed by atoms with E-state index in [9.17, 15) is 4.79 Å². The lowest BCUT2D eigenvalue weighted by atomic mass is 10.3. The molecule has 0 fully saturated rings. The fourth-order valence-corrected chi connectivity index (χ4v) is 1.64. The van der Waals surface area contributed by atoms with Crippen molar-refractivity contribution in [3.63, 3.8) is 0 Å². The molecule has 2 rings (SSSR count). The summed E-state index contributed by atoms with van der Waals surface area (Å²) in [6.45, 7) is 2.38. The molecule has 1 unspecified atom stereocenters. The molecule has 2 N–H and O–H groups in total. The highest BCUT2D eigenvalue weighted by Crippen LogP contribution is 2.02. The van der Waals surface area contributed by atoms with Crippen LogP contribution in [0.4, 0.5) is 0 Å². The van der Waals surface area contributed by atoms with Crippen molar-refractivity contribution in [2.75, 3.05) is 13.6 Å². The van der Waals surface area contributed by atoms with Gasteiger partial charge in [-0.1, -0.05) is 6.07 Å². The molecule has 0 aliphatic rings. The van der Waals surface area contributed by atoms with Crippen molar-refractivity contribution in [1.29, 1.82) is 0 Å². The molecule has 18 heavy (non-hydrogen) atoms. The third-order valence-corrected chi connectivity index (χ3v) is 2.86. The molecular formula is C12H17N5O. The zero-order valence-corrected chi connectivity index (χ0v) is 10.6. The van der Waals surface area contributed by atoms with E-state index in [0.717, 1.165) is 11.5 Å². The van der Waals surface area contributed by atoms with Crippen LogP contribution in [-0.2, 0) is 11.2 Å². The van der Waals surface area contributed by atoms with Crippen LogP contribution in [-0.4, -0.2) is 40.1 Å². The first kappa shape index (κ1) is 12.5. The molecule has 2 aromatic heterocycles. The number of rotatable bonds is 5. The Morgan fingerprint density at radius 2 is 2.28 bits per heavy atom. The molecule has 2 heterocycles. The van der Waals surface area contributed by atoms with E-state index in [1.54, 1.807) is 7.05 Å². The Labute approximate surface area is 105 Å². The predicted molar refractivity (Wildman–Crippen MR) is 68.2 cm³/mol. The van der Waals surface area contributed by atoms with Crippen LogP contribution in [0.15, 0.2) is 24.4 Å². The van der Waals surface area contributed by atoms with Crippen LogP contribution in [0, 0.1) is 0 Å². The SMILES string of the molecule is CNC(C)C(=O)NCCc1nnc2ccccn12. The van der Waals surface area contributed by atoms with Gasteiger partial charge in [0.25, 0.3) is 0 Å². The van der Waals surface area contributed by atoms with E-state index in [2.05, 4.69) is 20.8 Å². The molecule has 0 aliphatic heterocycles. The minimum atomic E-state index is -0.180. The number of pyridine rings is 1. The maximum Gasteiger partial charge on any atom is 0.236 e. The largest absolute Gasteiger partial charge is 0.354 e. The Balaban J connectivity index is 1.93. The van der Waals surface area contributed by atoms with Gasteiger partial charge in [0, 0.05) is 19.2 Å². The Morgan fingerprint density at radius 1 is 1.44 bits per heavy atom. The first-order valence-corrected chi connectivity index (χ1v) is 5.96. The van der Waals surface area contributed by atoms with Gasteiger partial charge in [-0.25, -0.2) is 0 Å². The first-order chi connectivity index (χ1) is 8.72. The van der Waals surface area contributed by atoms with Crippen molar-refractivity contribution in [2.24, 2.45) is 0 Å². The van der Waals surface area contributed by atoms with Crippen molar-refractivity contribution < 1.29 is 4.79 Å². The lowest BCUT2D eigenvalue weighted by molar-refractivity contribution is -0.122. The van der Waals surface area contributed by atoms with E-state index >= 15 is 0 Å². The van der Waals surface area contributed by atoms with Crippen molar-refractivity contribution >= 4 is 11.6 Å². The molecule has 6 nitrogen and oxygen atoms in total. The topological polar surface area (TPSA) is 71.3 Å². The summed E-state index contributed by atoms with van der Waals surface area (Å²) in [6.07, 6.45) is 2.58. The van der Waals surface area contributed by atoms with E-state index in [-0.39, 0.29) is 11.9 Å². The molecule has 2 aromatic rings. The van der Waals surface area contributed by atoms with Gasteiger partial charge in [0.15, 0.2) is 5.65 Å². The quantitative estimate of drug-likeness (QED) is 0.780.